The van der Waals surface area contributed by atoms with E-state index < -0.39 is 17.5 Å². The van der Waals surface area contributed by atoms with Crippen LogP contribution in [-0.2, 0) is 4.79 Å². The second kappa shape index (κ2) is 7.65. The second-order valence-electron chi connectivity index (χ2n) is 5.57. The number of rotatable bonds is 6. The van der Waals surface area contributed by atoms with Crippen LogP contribution < -0.4 is 5.32 Å². The molecule has 0 atom stereocenters. The zero-order valence-electron chi connectivity index (χ0n) is 13.5. The van der Waals surface area contributed by atoms with Crippen LogP contribution in [0.25, 0.3) is 0 Å². The summed E-state index contributed by atoms with van der Waals surface area (Å²) in [6.45, 7) is 0.179. The van der Waals surface area contributed by atoms with Gasteiger partial charge in [-0.15, -0.1) is 0 Å². The molecule has 1 aliphatic rings. The summed E-state index contributed by atoms with van der Waals surface area (Å²) in [6, 6.07) is 9.35. The van der Waals surface area contributed by atoms with Crippen molar-refractivity contribution in [1.29, 1.82) is 0 Å². The highest BCUT2D eigenvalue weighted by Gasteiger charge is 2.34. The van der Waals surface area contributed by atoms with E-state index in [0.717, 1.165) is 17.0 Å². The summed E-state index contributed by atoms with van der Waals surface area (Å²) < 4.78 is 26.2. The van der Waals surface area contributed by atoms with Gasteiger partial charge >= 0.3 is 0 Å². The molecule has 8 heteroatoms. The van der Waals surface area contributed by atoms with Crippen molar-refractivity contribution in [3.63, 3.8) is 0 Å². The number of hydrogen-bond donors (Lipinski definition) is 1. The van der Waals surface area contributed by atoms with Crippen molar-refractivity contribution < 1.29 is 23.2 Å². The van der Waals surface area contributed by atoms with Crippen LogP contribution >= 0.6 is 11.8 Å². The molecule has 3 amide bonds. The number of amides is 3. The molecule has 0 fully saturated rings. The second-order valence-corrected chi connectivity index (χ2v) is 6.67. The molecule has 2 aromatic carbocycles. The van der Waals surface area contributed by atoms with E-state index in [9.17, 15) is 23.2 Å². The number of nitrogens with one attached hydrogen (secondary N) is 1. The molecule has 26 heavy (non-hydrogen) atoms. The van der Waals surface area contributed by atoms with Crippen LogP contribution in [0.5, 0.6) is 0 Å². The first-order valence-corrected chi connectivity index (χ1v) is 8.90. The van der Waals surface area contributed by atoms with Crippen LogP contribution in [0.2, 0.25) is 0 Å². The average molecular weight is 376 g/mol. The Balaban J connectivity index is 1.47. The molecule has 5 nitrogen and oxygen atoms in total. The average Bonchev–Trinajstić information content (AvgIpc) is 2.82. The van der Waals surface area contributed by atoms with Crippen LogP contribution in [0.1, 0.15) is 20.7 Å². The van der Waals surface area contributed by atoms with E-state index in [4.69, 9.17) is 0 Å². The molecule has 0 aliphatic carbocycles. The normalized spacial score (nSPS) is 13.1. The van der Waals surface area contributed by atoms with E-state index in [-0.39, 0.29) is 29.8 Å². The van der Waals surface area contributed by atoms with Gasteiger partial charge in [0.15, 0.2) is 0 Å². The monoisotopic (exact) mass is 376 g/mol. The third-order valence-electron chi connectivity index (χ3n) is 3.72. The third kappa shape index (κ3) is 3.91. The maximum atomic E-state index is 13.1. The van der Waals surface area contributed by atoms with Gasteiger partial charge in [0.05, 0.1) is 16.9 Å². The first-order chi connectivity index (χ1) is 12.5. The van der Waals surface area contributed by atoms with Gasteiger partial charge in [0.2, 0.25) is 5.91 Å². The number of imide groups is 1. The predicted octanol–water partition coefficient (Wildman–Crippen LogP) is 2.93. The minimum absolute atomic E-state index is 0.0291. The molecule has 1 heterocycles. The van der Waals surface area contributed by atoms with Crippen molar-refractivity contribution in [2.45, 2.75) is 0 Å². The van der Waals surface area contributed by atoms with E-state index in [0.29, 0.717) is 22.9 Å². The van der Waals surface area contributed by atoms with Gasteiger partial charge in [-0.2, -0.15) is 11.8 Å². The predicted molar refractivity (Wildman–Crippen MR) is 94.1 cm³/mol. The van der Waals surface area contributed by atoms with Crippen LogP contribution in [-0.4, -0.2) is 40.7 Å². The molecular formula is C18H14F2N2O3S. The van der Waals surface area contributed by atoms with Crippen LogP contribution in [0, 0.1) is 11.6 Å². The van der Waals surface area contributed by atoms with Gasteiger partial charge in [-0.05, 0) is 24.3 Å². The number of carbonyl (C=O) groups is 3. The van der Waals surface area contributed by atoms with Gasteiger partial charge in [-0.1, -0.05) is 12.1 Å². The van der Waals surface area contributed by atoms with E-state index in [1.54, 1.807) is 24.3 Å². The molecule has 0 saturated heterocycles. The van der Waals surface area contributed by atoms with Gasteiger partial charge in [0.1, 0.15) is 11.6 Å². The molecular weight excluding hydrogens is 362 g/mol. The van der Waals surface area contributed by atoms with Crippen molar-refractivity contribution in [3.8, 4) is 0 Å². The molecule has 3 rings (SSSR count). The Hall–Kier alpha value is -2.74. The lowest BCUT2D eigenvalue weighted by Crippen LogP contribution is -2.32. The summed E-state index contributed by atoms with van der Waals surface area (Å²) in [5.74, 6) is -2.27. The number of benzene rings is 2. The highest BCUT2D eigenvalue weighted by molar-refractivity contribution is 7.99. The van der Waals surface area contributed by atoms with Crippen molar-refractivity contribution in [2.75, 3.05) is 23.4 Å². The Kier molecular flexibility index (Phi) is 5.32. The minimum atomic E-state index is -0.779. The van der Waals surface area contributed by atoms with Crippen molar-refractivity contribution in [2.24, 2.45) is 0 Å². The van der Waals surface area contributed by atoms with Crippen molar-refractivity contribution in [3.05, 3.63) is 65.2 Å². The fraction of sp³-hybridized carbons (Fsp3) is 0.167. The minimum Gasteiger partial charge on any atom is -0.325 e. The summed E-state index contributed by atoms with van der Waals surface area (Å²) in [4.78, 5) is 37.3. The molecule has 0 saturated carbocycles. The van der Waals surface area contributed by atoms with Crippen LogP contribution in [0.3, 0.4) is 0 Å². The number of nitrogens with zero attached hydrogens (tertiary/aromatic N) is 1. The molecule has 0 spiro atoms. The van der Waals surface area contributed by atoms with Crippen LogP contribution in [0.15, 0.2) is 42.5 Å². The number of anilines is 1. The lowest BCUT2D eigenvalue weighted by Gasteiger charge is -2.13. The van der Waals surface area contributed by atoms with Crippen molar-refractivity contribution >= 4 is 35.2 Å². The highest BCUT2D eigenvalue weighted by atomic mass is 32.2. The third-order valence-corrected chi connectivity index (χ3v) is 4.65. The Labute approximate surface area is 152 Å². The van der Waals surface area contributed by atoms with Gasteiger partial charge < -0.3 is 5.32 Å². The Morgan fingerprint density at radius 1 is 1.00 bits per heavy atom. The zero-order valence-corrected chi connectivity index (χ0v) is 14.3. The standard InChI is InChI=1S/C18H14F2N2O3S/c19-11-7-12(20)9-13(8-11)21-16(23)10-26-6-5-22-17(24)14-3-1-2-4-15(14)18(22)25/h1-4,7-9H,5-6,10H2,(H,21,23). The maximum absolute atomic E-state index is 13.1. The summed E-state index contributed by atoms with van der Waals surface area (Å²) in [5, 5.41) is 2.40. The molecule has 134 valence electrons. The Morgan fingerprint density at radius 3 is 2.15 bits per heavy atom. The number of carbonyl (C=O) groups excluding carboxylic acids is 3. The van der Waals surface area contributed by atoms with Gasteiger partial charge in [0, 0.05) is 24.1 Å². The lowest BCUT2D eigenvalue weighted by atomic mass is 10.1. The topological polar surface area (TPSA) is 66.5 Å². The number of hydrogen-bond acceptors (Lipinski definition) is 4. The molecule has 1 aliphatic heterocycles. The maximum Gasteiger partial charge on any atom is 0.261 e. The number of fused-ring (bicyclic) bond motifs is 1. The first kappa shape index (κ1) is 18.1. The van der Waals surface area contributed by atoms with E-state index in [1.807, 2.05) is 0 Å². The summed E-state index contributed by atoms with van der Waals surface area (Å²) in [6.07, 6.45) is 0. The molecule has 2 aromatic rings. The smallest absolute Gasteiger partial charge is 0.261 e. The van der Waals surface area contributed by atoms with E-state index >= 15 is 0 Å². The van der Waals surface area contributed by atoms with Gasteiger partial charge in [-0.3, -0.25) is 19.3 Å². The fourth-order valence-corrected chi connectivity index (χ4v) is 3.30. The zero-order chi connectivity index (χ0) is 18.7. The van der Waals surface area contributed by atoms with Gasteiger partial charge in [-0.25, -0.2) is 8.78 Å². The Bertz CT molecular complexity index is 833. The van der Waals surface area contributed by atoms with Gasteiger partial charge in [0.25, 0.3) is 11.8 Å². The van der Waals surface area contributed by atoms with E-state index in [1.165, 1.54) is 11.8 Å². The summed E-state index contributed by atoms with van der Waals surface area (Å²) in [5.41, 5.74) is 0.801. The first-order valence-electron chi connectivity index (χ1n) is 7.74. The molecule has 0 aromatic heterocycles. The number of thioether (sulfide) groups is 1. The van der Waals surface area contributed by atoms with Crippen LogP contribution in [0.4, 0.5) is 14.5 Å². The largest absolute Gasteiger partial charge is 0.325 e. The summed E-state index contributed by atoms with van der Waals surface area (Å²) in [7, 11) is 0. The summed E-state index contributed by atoms with van der Waals surface area (Å²) >= 11 is 1.21. The Morgan fingerprint density at radius 2 is 1.58 bits per heavy atom. The lowest BCUT2D eigenvalue weighted by molar-refractivity contribution is -0.113. The molecule has 0 radical (unpaired) electrons. The van der Waals surface area contributed by atoms with E-state index in [2.05, 4.69) is 5.32 Å². The quantitative estimate of drug-likeness (QED) is 0.622. The fourth-order valence-electron chi connectivity index (χ4n) is 2.59. The number of halogens is 2. The molecule has 0 bridgehead atoms. The SMILES string of the molecule is O=C(CSCCN1C(=O)c2ccccc2C1=O)Nc1cc(F)cc(F)c1. The molecule has 1 N–H and O–H groups in total. The van der Waals surface area contributed by atoms with Crippen molar-refractivity contribution in [1.82, 2.24) is 4.90 Å². The molecule has 0 unspecified atom stereocenters. The highest BCUT2D eigenvalue weighted by Crippen LogP contribution is 2.22.